The number of nitrogens with zero attached hydrogens (tertiary/aromatic N) is 2. The molecule has 0 N–H and O–H groups in total. The number of benzene rings is 4. The predicted molar refractivity (Wildman–Crippen MR) is 169 cm³/mol. The quantitative estimate of drug-likeness (QED) is 0.242. The van der Waals surface area contributed by atoms with Crippen LogP contribution in [-0.2, 0) is 13.0 Å². The molecule has 9 heteroatoms. The van der Waals surface area contributed by atoms with E-state index in [1.54, 1.807) is 23.8 Å². The summed E-state index contributed by atoms with van der Waals surface area (Å²) in [6.45, 7) is 0.540. The molecule has 3 heterocycles. The average Bonchev–Trinajstić information content (AvgIpc) is 3.67. The van der Waals surface area contributed by atoms with E-state index in [1.165, 1.54) is 29.0 Å². The second-order valence-electron chi connectivity index (χ2n) is 11.1. The lowest BCUT2D eigenvalue weighted by molar-refractivity contribution is 0.174. The number of aromatic nitrogens is 1. The van der Waals surface area contributed by atoms with Crippen molar-refractivity contribution in [3.8, 4) is 23.0 Å². The average molecular weight is 619 g/mol. The standard InChI is InChI=1S/C36H27FN2O5S/c1-41-30-16-21(6-14-28(30)42-19-22-7-15-29-31(17-22)44-20-43-29)18-32-35(40)39-34(24-8-11-25(37)12-9-24)27-13-10-23-4-2-3-5-26(23)33(27)38-36(39)45-32/h2-9,11-12,14-18,34H,10,13,19-20H2,1H3/b32-18+/t34-/m0/s1. The Balaban J connectivity index is 1.17. The molecule has 0 radical (unpaired) electrons. The van der Waals surface area contributed by atoms with Gasteiger partial charge in [0.25, 0.3) is 5.56 Å². The highest BCUT2D eigenvalue weighted by atomic mass is 32.1. The number of allylic oxidation sites excluding steroid dienone is 1. The molecule has 0 unspecified atom stereocenters. The van der Waals surface area contributed by atoms with Crippen molar-refractivity contribution in [2.75, 3.05) is 13.9 Å². The van der Waals surface area contributed by atoms with Gasteiger partial charge in [0.15, 0.2) is 27.8 Å². The van der Waals surface area contributed by atoms with E-state index in [9.17, 15) is 9.18 Å². The molecule has 4 aromatic carbocycles. The smallest absolute Gasteiger partial charge is 0.271 e. The van der Waals surface area contributed by atoms with Crippen LogP contribution in [0.25, 0.3) is 11.8 Å². The summed E-state index contributed by atoms with van der Waals surface area (Å²) < 4.78 is 38.8. The van der Waals surface area contributed by atoms with Crippen molar-refractivity contribution in [2.24, 2.45) is 4.99 Å². The fourth-order valence-electron chi connectivity index (χ4n) is 6.20. The van der Waals surface area contributed by atoms with Crippen molar-refractivity contribution in [2.45, 2.75) is 25.5 Å². The Bertz CT molecular complexity index is 2180. The molecule has 1 atom stereocenters. The Labute approximate surface area is 261 Å². The first-order chi connectivity index (χ1) is 22.1. The summed E-state index contributed by atoms with van der Waals surface area (Å²) in [5.74, 6) is 2.24. The third-order valence-corrected chi connectivity index (χ3v) is 9.36. The zero-order valence-electron chi connectivity index (χ0n) is 24.3. The van der Waals surface area contributed by atoms with Gasteiger partial charge in [0.2, 0.25) is 6.79 Å². The number of ether oxygens (including phenoxy) is 4. The summed E-state index contributed by atoms with van der Waals surface area (Å²) in [7, 11) is 1.59. The van der Waals surface area contributed by atoms with Crippen LogP contribution < -0.4 is 33.8 Å². The van der Waals surface area contributed by atoms with Crippen molar-refractivity contribution >= 4 is 23.1 Å². The molecule has 45 heavy (non-hydrogen) atoms. The van der Waals surface area contributed by atoms with Crippen molar-refractivity contribution < 1.29 is 23.3 Å². The van der Waals surface area contributed by atoms with Gasteiger partial charge in [0, 0.05) is 5.56 Å². The minimum atomic E-state index is -0.367. The molecule has 0 amide bonds. The van der Waals surface area contributed by atoms with Gasteiger partial charge >= 0.3 is 0 Å². The van der Waals surface area contributed by atoms with Crippen LogP contribution in [0, 0.1) is 5.82 Å². The normalized spacial score (nSPS) is 16.5. The van der Waals surface area contributed by atoms with E-state index in [-0.39, 0.29) is 24.2 Å². The van der Waals surface area contributed by atoms with E-state index in [1.807, 2.05) is 54.6 Å². The topological polar surface area (TPSA) is 71.3 Å². The molecular formula is C36H27FN2O5S. The predicted octanol–water partition coefficient (Wildman–Crippen LogP) is 5.77. The third-order valence-electron chi connectivity index (χ3n) is 8.38. The number of hydrogen-bond donors (Lipinski definition) is 0. The molecule has 0 saturated carbocycles. The maximum Gasteiger partial charge on any atom is 0.271 e. The van der Waals surface area contributed by atoms with Gasteiger partial charge in [-0.1, -0.05) is 59.9 Å². The molecule has 1 aromatic heterocycles. The van der Waals surface area contributed by atoms with Crippen LogP contribution in [0.4, 0.5) is 4.39 Å². The maximum atomic E-state index is 14.1. The number of halogens is 1. The van der Waals surface area contributed by atoms with E-state index in [0.717, 1.165) is 52.1 Å². The highest BCUT2D eigenvalue weighted by molar-refractivity contribution is 7.07. The second-order valence-corrected chi connectivity index (χ2v) is 12.1. The van der Waals surface area contributed by atoms with Crippen LogP contribution in [-0.4, -0.2) is 18.5 Å². The van der Waals surface area contributed by atoms with Crippen LogP contribution in [0.1, 0.15) is 40.3 Å². The number of aryl methyl sites for hydroxylation is 1. The largest absolute Gasteiger partial charge is 0.493 e. The molecule has 7 nitrogen and oxygen atoms in total. The van der Waals surface area contributed by atoms with E-state index >= 15 is 0 Å². The molecule has 5 aromatic rings. The van der Waals surface area contributed by atoms with E-state index in [0.29, 0.717) is 33.2 Å². The molecule has 0 fully saturated rings. The summed E-state index contributed by atoms with van der Waals surface area (Å²) >= 11 is 1.35. The summed E-state index contributed by atoms with van der Waals surface area (Å²) in [4.78, 5) is 19.7. The minimum absolute atomic E-state index is 0.138. The summed E-state index contributed by atoms with van der Waals surface area (Å²) in [6, 6.07) is 25.6. The molecule has 0 bridgehead atoms. The van der Waals surface area contributed by atoms with Gasteiger partial charge in [-0.15, -0.1) is 0 Å². The molecule has 3 aliphatic rings. The Kier molecular flexibility index (Phi) is 6.75. The Hall–Kier alpha value is -5.15. The highest BCUT2D eigenvalue weighted by Gasteiger charge is 2.32. The van der Waals surface area contributed by atoms with Crippen LogP contribution in [0.15, 0.2) is 100 Å². The first-order valence-electron chi connectivity index (χ1n) is 14.6. The minimum Gasteiger partial charge on any atom is -0.493 e. The van der Waals surface area contributed by atoms with Crippen molar-refractivity contribution in [1.29, 1.82) is 0 Å². The maximum absolute atomic E-state index is 14.1. The zero-order valence-corrected chi connectivity index (χ0v) is 25.1. The van der Waals surface area contributed by atoms with Gasteiger partial charge < -0.3 is 18.9 Å². The second kappa shape index (κ2) is 11.1. The summed E-state index contributed by atoms with van der Waals surface area (Å²) in [5, 5.41) is 0. The van der Waals surface area contributed by atoms with Crippen molar-refractivity contribution in [3.63, 3.8) is 0 Å². The van der Waals surface area contributed by atoms with Gasteiger partial charge in [-0.05, 0) is 83.1 Å². The van der Waals surface area contributed by atoms with Crippen LogP contribution in [0.2, 0.25) is 0 Å². The lowest BCUT2D eigenvalue weighted by Gasteiger charge is -2.30. The third kappa shape index (κ3) is 4.89. The molecule has 0 saturated heterocycles. The SMILES string of the molecule is COc1cc(/C=c2/sc3n(c2=O)[C@@H](c2ccc(F)cc2)C2=C(N=3)c3ccccc3CC2)ccc1OCc1ccc2c(c1)OCO2. The van der Waals surface area contributed by atoms with Crippen molar-refractivity contribution in [3.05, 3.63) is 144 Å². The first-order valence-corrected chi connectivity index (χ1v) is 15.5. The Morgan fingerprint density at radius 3 is 2.69 bits per heavy atom. The fourth-order valence-corrected chi connectivity index (χ4v) is 7.20. The van der Waals surface area contributed by atoms with E-state index in [4.69, 9.17) is 23.9 Å². The zero-order chi connectivity index (χ0) is 30.5. The first kappa shape index (κ1) is 27.4. The monoisotopic (exact) mass is 618 g/mol. The van der Waals surface area contributed by atoms with Gasteiger partial charge in [0.05, 0.1) is 23.4 Å². The molecule has 224 valence electrons. The number of thiazole rings is 1. The van der Waals surface area contributed by atoms with E-state index < -0.39 is 0 Å². The van der Waals surface area contributed by atoms with Gasteiger partial charge in [-0.3, -0.25) is 9.36 Å². The Morgan fingerprint density at radius 1 is 0.978 bits per heavy atom. The lowest BCUT2D eigenvalue weighted by Crippen LogP contribution is -2.38. The lowest BCUT2D eigenvalue weighted by atomic mass is 9.83. The molecular weight excluding hydrogens is 591 g/mol. The molecule has 1 aliphatic carbocycles. The number of rotatable bonds is 6. The van der Waals surface area contributed by atoms with Crippen LogP contribution in [0.3, 0.4) is 0 Å². The number of fused-ring (bicyclic) bond motifs is 4. The van der Waals surface area contributed by atoms with Gasteiger partial charge in [-0.25, -0.2) is 9.38 Å². The molecule has 2 aliphatic heterocycles. The van der Waals surface area contributed by atoms with Crippen molar-refractivity contribution in [1.82, 2.24) is 4.57 Å². The molecule has 0 spiro atoms. The Morgan fingerprint density at radius 2 is 1.82 bits per heavy atom. The van der Waals surface area contributed by atoms with Crippen LogP contribution in [0.5, 0.6) is 23.0 Å². The number of hydrogen-bond acceptors (Lipinski definition) is 7. The summed E-state index contributed by atoms with van der Waals surface area (Å²) in [5.41, 5.74) is 6.76. The highest BCUT2D eigenvalue weighted by Crippen LogP contribution is 2.41. The summed E-state index contributed by atoms with van der Waals surface area (Å²) in [6.07, 6.45) is 3.48. The number of methoxy groups -OCH3 is 1. The molecule has 8 rings (SSSR count). The fraction of sp³-hybridized carbons (Fsp3) is 0.167. The van der Waals surface area contributed by atoms with Crippen LogP contribution >= 0.6 is 11.3 Å². The van der Waals surface area contributed by atoms with Gasteiger partial charge in [-0.2, -0.15) is 0 Å². The van der Waals surface area contributed by atoms with E-state index in [2.05, 4.69) is 12.1 Å². The van der Waals surface area contributed by atoms with Gasteiger partial charge in [0.1, 0.15) is 12.4 Å².